The van der Waals surface area contributed by atoms with Crippen LogP contribution in [0.2, 0.25) is 0 Å². The van der Waals surface area contributed by atoms with Crippen LogP contribution in [-0.2, 0) is 4.79 Å². The molecule has 1 rings (SSSR count). The van der Waals surface area contributed by atoms with Gasteiger partial charge in [-0.2, -0.15) is 5.26 Å². The fourth-order valence-corrected chi connectivity index (χ4v) is 1.75. The van der Waals surface area contributed by atoms with Gasteiger partial charge in [0.1, 0.15) is 0 Å². The number of carboxylic acid groups (broad SMARTS) is 1. The molecular weight excluding hydrogens is 240 g/mol. The second kappa shape index (κ2) is 7.22. The number of benzene rings is 1. The number of carboxylic acids is 1. The summed E-state index contributed by atoms with van der Waals surface area (Å²) < 4.78 is 0. The van der Waals surface area contributed by atoms with Crippen LogP contribution in [0.25, 0.3) is 6.08 Å². The summed E-state index contributed by atoms with van der Waals surface area (Å²) in [5, 5.41) is 17.4. The molecule has 0 aliphatic rings. The number of aliphatic carboxylic acids is 1. The van der Waals surface area contributed by atoms with Crippen molar-refractivity contribution in [1.29, 1.82) is 5.26 Å². The maximum absolute atomic E-state index is 10.4. The maximum Gasteiger partial charge on any atom is 0.328 e. The van der Waals surface area contributed by atoms with Crippen LogP contribution in [0.1, 0.15) is 19.4 Å². The molecule has 0 amide bonds. The average molecular weight is 258 g/mol. The van der Waals surface area contributed by atoms with E-state index in [4.69, 9.17) is 10.4 Å². The van der Waals surface area contributed by atoms with Crippen LogP contribution in [0.4, 0.5) is 5.69 Å². The summed E-state index contributed by atoms with van der Waals surface area (Å²) in [4.78, 5) is 12.5. The molecule has 0 spiro atoms. The topological polar surface area (TPSA) is 64.3 Å². The van der Waals surface area contributed by atoms with Gasteiger partial charge in [-0.1, -0.05) is 12.1 Å². The quantitative estimate of drug-likeness (QED) is 0.797. The van der Waals surface area contributed by atoms with Gasteiger partial charge in [0.25, 0.3) is 0 Å². The van der Waals surface area contributed by atoms with E-state index in [1.54, 1.807) is 6.08 Å². The highest BCUT2D eigenvalue weighted by molar-refractivity contribution is 5.85. The lowest BCUT2D eigenvalue weighted by atomic mass is 10.1. The molecule has 0 aromatic heterocycles. The number of nitriles is 1. The van der Waals surface area contributed by atoms with E-state index in [0.29, 0.717) is 6.54 Å². The van der Waals surface area contributed by atoms with Crippen molar-refractivity contribution in [1.82, 2.24) is 0 Å². The molecule has 0 aliphatic carbocycles. The van der Waals surface area contributed by atoms with Gasteiger partial charge in [-0.15, -0.1) is 0 Å². The summed E-state index contributed by atoms with van der Waals surface area (Å²) in [6, 6.07) is 9.84. The lowest BCUT2D eigenvalue weighted by Gasteiger charge is -2.24. The molecule has 0 aliphatic heterocycles. The van der Waals surface area contributed by atoms with Crippen LogP contribution in [0, 0.1) is 17.2 Å². The highest BCUT2D eigenvalue weighted by Crippen LogP contribution is 2.17. The highest BCUT2D eigenvalue weighted by atomic mass is 16.4. The van der Waals surface area contributed by atoms with Gasteiger partial charge in [-0.25, -0.2) is 4.79 Å². The molecule has 0 saturated heterocycles. The smallest absolute Gasteiger partial charge is 0.328 e. The standard InChI is InChI=1S/C15H18N2O2/c1-3-17(11-12(2)10-16)14-7-4-13(5-8-14)6-9-15(18)19/h4-9,12H,3,11H2,1-2H3,(H,18,19)/b9-6+. The fourth-order valence-electron chi connectivity index (χ4n) is 1.75. The Morgan fingerprint density at radius 2 is 2.11 bits per heavy atom. The van der Waals surface area contributed by atoms with Gasteiger partial charge < -0.3 is 10.0 Å². The summed E-state index contributed by atoms with van der Waals surface area (Å²) in [5.74, 6) is -0.978. The molecule has 100 valence electrons. The molecule has 0 heterocycles. The summed E-state index contributed by atoms with van der Waals surface area (Å²) in [7, 11) is 0. The predicted octanol–water partition coefficient (Wildman–Crippen LogP) is 2.77. The van der Waals surface area contributed by atoms with Crippen molar-refractivity contribution in [2.24, 2.45) is 5.92 Å². The minimum atomic E-state index is -0.956. The zero-order valence-electron chi connectivity index (χ0n) is 11.2. The molecule has 1 N–H and O–H groups in total. The van der Waals surface area contributed by atoms with Crippen LogP contribution in [-0.4, -0.2) is 24.2 Å². The third-order valence-electron chi connectivity index (χ3n) is 2.77. The van der Waals surface area contributed by atoms with Crippen LogP contribution in [0.15, 0.2) is 30.3 Å². The Morgan fingerprint density at radius 1 is 1.47 bits per heavy atom. The Morgan fingerprint density at radius 3 is 2.58 bits per heavy atom. The Bertz CT molecular complexity index is 486. The van der Waals surface area contributed by atoms with Crippen molar-refractivity contribution >= 4 is 17.7 Å². The lowest BCUT2D eigenvalue weighted by Crippen LogP contribution is -2.27. The molecule has 1 unspecified atom stereocenters. The third-order valence-corrected chi connectivity index (χ3v) is 2.77. The minimum absolute atomic E-state index is 0.0217. The van der Waals surface area contributed by atoms with Crippen molar-refractivity contribution in [3.8, 4) is 6.07 Å². The van der Waals surface area contributed by atoms with Crippen molar-refractivity contribution in [3.05, 3.63) is 35.9 Å². The monoisotopic (exact) mass is 258 g/mol. The van der Waals surface area contributed by atoms with E-state index >= 15 is 0 Å². The SMILES string of the molecule is CCN(CC(C)C#N)c1ccc(/C=C/C(=O)O)cc1. The first-order valence-corrected chi connectivity index (χ1v) is 6.22. The predicted molar refractivity (Wildman–Crippen MR) is 75.8 cm³/mol. The van der Waals surface area contributed by atoms with Gasteiger partial charge in [0.2, 0.25) is 0 Å². The molecule has 0 fully saturated rings. The maximum atomic E-state index is 10.4. The molecule has 19 heavy (non-hydrogen) atoms. The van der Waals surface area contributed by atoms with Gasteiger partial charge in [0, 0.05) is 24.9 Å². The highest BCUT2D eigenvalue weighted by Gasteiger charge is 2.08. The summed E-state index contributed by atoms with van der Waals surface area (Å²) in [5.41, 5.74) is 1.88. The van der Waals surface area contributed by atoms with Crippen LogP contribution >= 0.6 is 0 Å². The second-order valence-corrected chi connectivity index (χ2v) is 4.33. The van der Waals surface area contributed by atoms with Crippen molar-refractivity contribution in [2.45, 2.75) is 13.8 Å². The third kappa shape index (κ3) is 4.84. The van der Waals surface area contributed by atoms with Crippen molar-refractivity contribution in [3.63, 3.8) is 0 Å². The summed E-state index contributed by atoms with van der Waals surface area (Å²) in [6.45, 7) is 5.46. The van der Waals surface area contributed by atoms with Crippen LogP contribution in [0.5, 0.6) is 0 Å². The second-order valence-electron chi connectivity index (χ2n) is 4.33. The Balaban J connectivity index is 2.79. The van der Waals surface area contributed by atoms with E-state index in [1.165, 1.54) is 0 Å². The first kappa shape index (κ1) is 14.8. The minimum Gasteiger partial charge on any atom is -0.478 e. The molecule has 0 radical (unpaired) electrons. The van der Waals surface area contributed by atoms with Gasteiger partial charge >= 0.3 is 5.97 Å². The Labute approximate surface area is 113 Å². The van der Waals surface area contributed by atoms with E-state index in [-0.39, 0.29) is 5.92 Å². The molecule has 0 saturated carbocycles. The molecular formula is C15H18N2O2. The molecule has 0 bridgehead atoms. The molecule has 1 aromatic rings. The normalized spacial score (nSPS) is 12.1. The summed E-state index contributed by atoms with van der Waals surface area (Å²) >= 11 is 0. The van der Waals surface area contributed by atoms with E-state index in [1.807, 2.05) is 38.1 Å². The van der Waals surface area contributed by atoms with Crippen molar-refractivity contribution < 1.29 is 9.90 Å². The number of hydrogen-bond donors (Lipinski definition) is 1. The first-order chi connectivity index (χ1) is 9.06. The molecule has 1 aromatic carbocycles. The number of carbonyl (C=O) groups is 1. The fraction of sp³-hybridized carbons (Fsp3) is 0.333. The Kier molecular flexibility index (Phi) is 5.62. The lowest BCUT2D eigenvalue weighted by molar-refractivity contribution is -0.131. The van der Waals surface area contributed by atoms with Crippen molar-refractivity contribution in [2.75, 3.05) is 18.0 Å². The number of rotatable bonds is 6. The molecule has 4 nitrogen and oxygen atoms in total. The first-order valence-electron chi connectivity index (χ1n) is 6.22. The van der Waals surface area contributed by atoms with Gasteiger partial charge in [0.05, 0.1) is 12.0 Å². The van der Waals surface area contributed by atoms with Crippen LogP contribution in [0.3, 0.4) is 0 Å². The number of hydrogen-bond acceptors (Lipinski definition) is 3. The zero-order valence-corrected chi connectivity index (χ0v) is 11.2. The van der Waals surface area contributed by atoms with E-state index < -0.39 is 5.97 Å². The largest absolute Gasteiger partial charge is 0.478 e. The van der Waals surface area contributed by atoms with E-state index in [2.05, 4.69) is 11.0 Å². The molecule has 1 atom stereocenters. The number of anilines is 1. The van der Waals surface area contributed by atoms with E-state index in [0.717, 1.165) is 23.9 Å². The van der Waals surface area contributed by atoms with Crippen LogP contribution < -0.4 is 4.90 Å². The van der Waals surface area contributed by atoms with Gasteiger partial charge in [-0.3, -0.25) is 0 Å². The van der Waals surface area contributed by atoms with Gasteiger partial charge in [0.15, 0.2) is 0 Å². The zero-order chi connectivity index (χ0) is 14.3. The van der Waals surface area contributed by atoms with E-state index in [9.17, 15) is 4.79 Å². The average Bonchev–Trinajstić information content (AvgIpc) is 2.42. The Hall–Kier alpha value is -2.28. The van der Waals surface area contributed by atoms with Gasteiger partial charge in [-0.05, 0) is 37.6 Å². The summed E-state index contributed by atoms with van der Waals surface area (Å²) in [6.07, 6.45) is 2.67. The number of nitrogens with zero attached hydrogens (tertiary/aromatic N) is 2. The molecule has 4 heteroatoms.